The quantitative estimate of drug-likeness (QED) is 0.149. The van der Waals surface area contributed by atoms with Crippen LogP contribution in [-0.2, 0) is 30.2 Å². The van der Waals surface area contributed by atoms with Crippen molar-refractivity contribution >= 4 is 39.3 Å². The Balaban J connectivity index is 1.46. The average Bonchev–Trinajstić information content (AvgIpc) is 3.64. The van der Waals surface area contributed by atoms with Crippen LogP contribution in [0.25, 0.3) is 22.4 Å². The van der Waals surface area contributed by atoms with Crippen LogP contribution >= 0.6 is 11.3 Å². The topological polar surface area (TPSA) is 95.7 Å². The average molecular weight is 648 g/mol. The van der Waals surface area contributed by atoms with E-state index in [9.17, 15) is 35.9 Å². The molecule has 0 fully saturated rings. The van der Waals surface area contributed by atoms with Gasteiger partial charge in [-0.3, -0.25) is 9.59 Å². The van der Waals surface area contributed by atoms with E-state index in [4.69, 9.17) is 9.52 Å². The number of alkyl halides is 6. The Kier molecular flexibility index (Phi) is 8.87. The molecule has 234 valence electrons. The smallest absolute Gasteiger partial charge is 0.416 e. The van der Waals surface area contributed by atoms with Crippen molar-refractivity contribution in [1.29, 1.82) is 0 Å². The van der Waals surface area contributed by atoms with Gasteiger partial charge >= 0.3 is 18.3 Å². The lowest BCUT2D eigenvalue weighted by atomic mass is 10.0. The number of carbonyl (C=O) groups is 2. The van der Waals surface area contributed by atoms with E-state index in [0.29, 0.717) is 39.9 Å². The lowest BCUT2D eigenvalue weighted by Crippen LogP contribution is -2.26. The summed E-state index contributed by atoms with van der Waals surface area (Å²) in [6.45, 7) is -0.401. The Morgan fingerprint density at radius 2 is 1.51 bits per heavy atom. The van der Waals surface area contributed by atoms with Crippen LogP contribution in [0, 0.1) is 0 Å². The SMILES string of the molecule is O=C(O)CCNC(=O)c1ccc(CN(Cc2cc(C(F)(F)F)cc(C(F)(F)F)c2)c2nc(-c3cc4ccccc4o3)cs2)cc1. The number of amides is 1. The van der Waals surface area contributed by atoms with Gasteiger partial charge in [0.25, 0.3) is 5.91 Å². The third kappa shape index (κ3) is 7.81. The van der Waals surface area contributed by atoms with Gasteiger partial charge in [0.15, 0.2) is 10.9 Å². The molecule has 0 spiro atoms. The Hall–Kier alpha value is -4.85. The summed E-state index contributed by atoms with van der Waals surface area (Å²) in [5, 5.41) is 14.0. The van der Waals surface area contributed by atoms with Crippen molar-refractivity contribution in [3.8, 4) is 11.5 Å². The molecule has 2 aromatic heterocycles. The normalized spacial score (nSPS) is 12.0. The van der Waals surface area contributed by atoms with E-state index in [1.54, 1.807) is 35.7 Å². The number of hydrogen-bond acceptors (Lipinski definition) is 6. The highest BCUT2D eigenvalue weighted by atomic mass is 32.1. The number of carboxylic acids is 1. The third-order valence-corrected chi connectivity index (χ3v) is 7.58. The molecule has 5 aromatic rings. The Bertz CT molecular complexity index is 1760. The fourth-order valence-corrected chi connectivity index (χ4v) is 5.34. The first-order chi connectivity index (χ1) is 21.3. The van der Waals surface area contributed by atoms with Gasteiger partial charge in [-0.1, -0.05) is 30.3 Å². The molecule has 0 aliphatic heterocycles. The Morgan fingerprint density at radius 3 is 2.13 bits per heavy atom. The van der Waals surface area contributed by atoms with Crippen molar-refractivity contribution in [3.05, 3.63) is 106 Å². The molecule has 3 aromatic carbocycles. The number of rotatable bonds is 10. The fourth-order valence-electron chi connectivity index (χ4n) is 4.52. The lowest BCUT2D eigenvalue weighted by Gasteiger charge is -2.23. The molecule has 7 nitrogen and oxygen atoms in total. The number of aromatic nitrogens is 1. The number of para-hydroxylation sites is 1. The van der Waals surface area contributed by atoms with E-state index in [2.05, 4.69) is 10.3 Å². The fraction of sp³-hybridized carbons (Fsp3) is 0.194. The van der Waals surface area contributed by atoms with E-state index in [0.717, 1.165) is 16.7 Å². The number of halogens is 6. The minimum absolute atomic E-state index is 0.0194. The molecule has 0 aliphatic carbocycles. The number of hydrogen-bond donors (Lipinski definition) is 2. The summed E-state index contributed by atoms with van der Waals surface area (Å²) in [4.78, 5) is 29.2. The number of thiazole rings is 1. The molecule has 0 saturated carbocycles. The predicted octanol–water partition coefficient (Wildman–Crippen LogP) is 8.01. The molecule has 2 N–H and O–H groups in total. The molecular weight excluding hydrogens is 624 g/mol. The van der Waals surface area contributed by atoms with Crippen molar-refractivity contribution in [2.45, 2.75) is 31.9 Å². The van der Waals surface area contributed by atoms with Crippen LogP contribution in [0.3, 0.4) is 0 Å². The van der Waals surface area contributed by atoms with E-state index in [1.165, 1.54) is 17.0 Å². The Morgan fingerprint density at radius 1 is 0.867 bits per heavy atom. The van der Waals surface area contributed by atoms with Crippen LogP contribution in [-0.4, -0.2) is 28.5 Å². The largest absolute Gasteiger partial charge is 0.481 e. The Labute approximate surface area is 255 Å². The van der Waals surface area contributed by atoms with Crippen LogP contribution in [0.4, 0.5) is 31.5 Å². The van der Waals surface area contributed by atoms with Crippen molar-refractivity contribution in [1.82, 2.24) is 10.3 Å². The van der Waals surface area contributed by atoms with E-state index < -0.39 is 35.4 Å². The number of aliphatic carboxylic acids is 1. The number of carbonyl (C=O) groups excluding carboxylic acids is 1. The number of carboxylic acid groups (broad SMARTS) is 1. The second-order valence-electron chi connectivity index (χ2n) is 10.0. The number of furan rings is 1. The van der Waals surface area contributed by atoms with Gasteiger partial charge in [-0.05, 0) is 53.6 Å². The number of nitrogens with zero attached hydrogens (tertiary/aromatic N) is 2. The van der Waals surface area contributed by atoms with Crippen molar-refractivity contribution in [2.24, 2.45) is 0 Å². The molecule has 0 saturated heterocycles. The van der Waals surface area contributed by atoms with E-state index in [-0.39, 0.29) is 43.2 Å². The van der Waals surface area contributed by atoms with Gasteiger partial charge in [0.2, 0.25) is 0 Å². The summed E-state index contributed by atoms with van der Waals surface area (Å²) in [6.07, 6.45) is -10.3. The molecule has 0 bridgehead atoms. The maximum absolute atomic E-state index is 13.6. The predicted molar refractivity (Wildman–Crippen MR) is 155 cm³/mol. The minimum atomic E-state index is -5.00. The van der Waals surface area contributed by atoms with Gasteiger partial charge in [-0.15, -0.1) is 11.3 Å². The summed E-state index contributed by atoms with van der Waals surface area (Å²) in [6, 6.07) is 16.6. The molecule has 1 amide bonds. The summed E-state index contributed by atoms with van der Waals surface area (Å²) in [5.41, 5.74) is -1.20. The van der Waals surface area contributed by atoms with Gasteiger partial charge in [-0.25, -0.2) is 4.98 Å². The summed E-state index contributed by atoms with van der Waals surface area (Å²) >= 11 is 1.14. The zero-order chi connectivity index (χ0) is 32.4. The summed E-state index contributed by atoms with van der Waals surface area (Å²) in [7, 11) is 0. The highest BCUT2D eigenvalue weighted by Gasteiger charge is 2.37. The van der Waals surface area contributed by atoms with Crippen LogP contribution in [0.2, 0.25) is 0 Å². The maximum Gasteiger partial charge on any atom is 0.416 e. The van der Waals surface area contributed by atoms with Gasteiger partial charge in [0.1, 0.15) is 11.3 Å². The highest BCUT2D eigenvalue weighted by molar-refractivity contribution is 7.14. The number of nitrogens with one attached hydrogen (secondary N) is 1. The number of anilines is 1. The standard InChI is InChI=1S/C31H23F6N3O4S/c32-30(33,34)22-11-19(12-23(14-22)31(35,36)37)16-40(15-18-5-7-20(8-6-18)28(43)38-10-9-27(41)42)29-39-24(17-45-29)26-13-21-3-1-2-4-25(21)44-26/h1-8,11-14,17H,9-10,15-16H2,(H,38,43)(H,41,42). The highest BCUT2D eigenvalue weighted by Crippen LogP contribution is 2.38. The number of fused-ring (bicyclic) bond motifs is 1. The van der Waals surface area contributed by atoms with E-state index >= 15 is 0 Å². The van der Waals surface area contributed by atoms with Gasteiger partial charge in [0, 0.05) is 36.0 Å². The number of benzene rings is 3. The second-order valence-corrected chi connectivity index (χ2v) is 10.9. The van der Waals surface area contributed by atoms with Crippen molar-refractivity contribution in [2.75, 3.05) is 11.4 Å². The van der Waals surface area contributed by atoms with Gasteiger partial charge in [0.05, 0.1) is 17.5 Å². The van der Waals surface area contributed by atoms with Crippen LogP contribution < -0.4 is 10.2 Å². The zero-order valence-electron chi connectivity index (χ0n) is 23.1. The molecule has 0 unspecified atom stereocenters. The van der Waals surface area contributed by atoms with Crippen LogP contribution in [0.5, 0.6) is 0 Å². The minimum Gasteiger partial charge on any atom is -0.481 e. The van der Waals surface area contributed by atoms with Gasteiger partial charge in [-0.2, -0.15) is 26.3 Å². The molecule has 2 heterocycles. The third-order valence-electron chi connectivity index (χ3n) is 6.68. The van der Waals surface area contributed by atoms with Crippen LogP contribution in [0.1, 0.15) is 39.0 Å². The zero-order valence-corrected chi connectivity index (χ0v) is 23.9. The molecular formula is C31H23F6N3O4S. The first-order valence-electron chi connectivity index (χ1n) is 13.3. The van der Waals surface area contributed by atoms with Gasteiger partial charge < -0.3 is 19.7 Å². The van der Waals surface area contributed by atoms with Crippen LogP contribution in [0.15, 0.2) is 82.6 Å². The molecule has 5 rings (SSSR count). The lowest BCUT2D eigenvalue weighted by molar-refractivity contribution is -0.143. The monoisotopic (exact) mass is 647 g/mol. The molecule has 0 aliphatic rings. The van der Waals surface area contributed by atoms with Crippen molar-refractivity contribution < 1.29 is 45.5 Å². The summed E-state index contributed by atoms with van der Waals surface area (Å²) in [5.74, 6) is -1.13. The maximum atomic E-state index is 13.6. The second kappa shape index (κ2) is 12.6. The molecule has 0 atom stereocenters. The molecule has 45 heavy (non-hydrogen) atoms. The first-order valence-corrected chi connectivity index (χ1v) is 14.2. The van der Waals surface area contributed by atoms with E-state index in [1.807, 2.05) is 12.1 Å². The molecule has 0 radical (unpaired) electrons. The summed E-state index contributed by atoms with van der Waals surface area (Å²) < 4.78 is 87.3. The first kappa shape index (κ1) is 31.6. The van der Waals surface area contributed by atoms with Crippen molar-refractivity contribution in [3.63, 3.8) is 0 Å². The molecule has 14 heteroatoms.